The largest absolute Gasteiger partial charge is 0.496 e. The number of hydrogen-bond donors (Lipinski definition) is 3. The van der Waals surface area contributed by atoms with Gasteiger partial charge in [-0.3, -0.25) is 9.58 Å². The maximum atomic E-state index is 6.03. The van der Waals surface area contributed by atoms with Crippen molar-refractivity contribution < 1.29 is 4.74 Å². The lowest BCUT2D eigenvalue weighted by Gasteiger charge is -2.54. The van der Waals surface area contributed by atoms with Crippen molar-refractivity contribution >= 4 is 22.8 Å². The highest BCUT2D eigenvalue weighted by Crippen LogP contribution is 2.58. The van der Waals surface area contributed by atoms with Crippen LogP contribution in [-0.2, 0) is 13.1 Å². The maximum absolute atomic E-state index is 6.03. The van der Waals surface area contributed by atoms with Crippen LogP contribution in [0.15, 0.2) is 24.4 Å². The highest BCUT2D eigenvalue weighted by molar-refractivity contribution is 5.86. The van der Waals surface area contributed by atoms with E-state index in [4.69, 9.17) is 10.5 Å². The van der Waals surface area contributed by atoms with E-state index in [1.807, 2.05) is 4.68 Å². The first-order chi connectivity index (χ1) is 17.5. The predicted octanol–water partition coefficient (Wildman–Crippen LogP) is 3.25. The molecule has 0 unspecified atom stereocenters. The zero-order chi connectivity index (χ0) is 24.7. The van der Waals surface area contributed by atoms with Crippen molar-refractivity contribution in [2.75, 3.05) is 44.3 Å². The number of ether oxygens (including phenoxy) is 1. The minimum atomic E-state index is 0.276. The summed E-state index contributed by atoms with van der Waals surface area (Å²) in [7, 11) is 1.74. The van der Waals surface area contributed by atoms with Crippen molar-refractivity contribution in [2.24, 2.45) is 11.3 Å². The van der Waals surface area contributed by atoms with Crippen molar-refractivity contribution in [1.82, 2.24) is 30.0 Å². The number of rotatable bonds is 8. The van der Waals surface area contributed by atoms with E-state index < -0.39 is 0 Å². The van der Waals surface area contributed by atoms with Crippen molar-refractivity contribution in [1.29, 1.82) is 0 Å². The van der Waals surface area contributed by atoms with Crippen LogP contribution in [0.5, 0.6) is 5.75 Å². The van der Waals surface area contributed by atoms with E-state index in [-0.39, 0.29) is 5.95 Å². The number of hydrogen-bond acceptors (Lipinski definition) is 8. The average molecular weight is 491 g/mol. The quantitative estimate of drug-likeness (QED) is 0.442. The van der Waals surface area contributed by atoms with Gasteiger partial charge in [-0.05, 0) is 55.6 Å². The minimum absolute atomic E-state index is 0.276. The second-order valence-electron chi connectivity index (χ2n) is 11.1. The molecule has 0 radical (unpaired) electrons. The normalized spacial score (nSPS) is 21.9. The molecule has 1 saturated heterocycles. The molecule has 36 heavy (non-hydrogen) atoms. The number of aromatic nitrogens is 4. The fraction of sp³-hybridized carbons (Fsp3) is 0.593. The molecule has 0 bridgehead atoms. The Morgan fingerprint density at radius 3 is 2.83 bits per heavy atom. The van der Waals surface area contributed by atoms with E-state index in [0.717, 1.165) is 60.9 Å². The summed E-state index contributed by atoms with van der Waals surface area (Å²) in [6.07, 6.45) is 8.67. The molecule has 9 heteroatoms. The first-order valence-corrected chi connectivity index (χ1v) is 13.4. The molecule has 1 aromatic carbocycles. The monoisotopic (exact) mass is 490 g/mol. The molecule has 0 amide bonds. The number of methoxy groups -OCH3 is 1. The smallest absolute Gasteiger partial charge is 0.222 e. The summed E-state index contributed by atoms with van der Waals surface area (Å²) in [4.78, 5) is 11.5. The molecule has 3 heterocycles. The van der Waals surface area contributed by atoms with Gasteiger partial charge in [0, 0.05) is 44.3 Å². The van der Waals surface area contributed by atoms with Crippen molar-refractivity contribution in [3.63, 3.8) is 0 Å². The van der Waals surface area contributed by atoms with Crippen LogP contribution in [0.25, 0.3) is 11.0 Å². The van der Waals surface area contributed by atoms with E-state index >= 15 is 0 Å². The van der Waals surface area contributed by atoms with E-state index in [0.29, 0.717) is 23.9 Å². The van der Waals surface area contributed by atoms with Crippen LogP contribution in [0.1, 0.15) is 50.2 Å². The molecule has 6 rings (SSSR count). The Morgan fingerprint density at radius 2 is 2.08 bits per heavy atom. The molecule has 2 aliphatic carbocycles. The van der Waals surface area contributed by atoms with Crippen LogP contribution >= 0.6 is 0 Å². The van der Waals surface area contributed by atoms with Crippen molar-refractivity contribution in [3.8, 4) is 5.75 Å². The Morgan fingerprint density at radius 1 is 1.22 bits per heavy atom. The standard InChI is InChI=1S/C27H38N8O/c1-18-13-29-8-9-34(18)16-19-4-5-21(23(10-19)36-2)17-35-24-22(15-31-35)32-26(28)33-25(24)30-14-20-11-27(12-20)6-3-7-27/h4-5,10,15,18,20,29H,3,6-9,11-14,16-17H2,1-2H3,(H3,28,30,32,33)/t18-/m0/s1. The topological polar surface area (TPSA) is 106 Å². The summed E-state index contributed by atoms with van der Waals surface area (Å²) < 4.78 is 7.77. The van der Waals surface area contributed by atoms with Crippen LogP contribution < -0.4 is 21.1 Å². The van der Waals surface area contributed by atoms with Gasteiger partial charge in [0.25, 0.3) is 0 Å². The number of anilines is 2. The van der Waals surface area contributed by atoms with Crippen LogP contribution in [0.2, 0.25) is 0 Å². The summed E-state index contributed by atoms with van der Waals surface area (Å²) in [5.74, 6) is 2.63. The first kappa shape index (κ1) is 23.5. The van der Waals surface area contributed by atoms with E-state index in [1.54, 1.807) is 13.3 Å². The van der Waals surface area contributed by atoms with Crippen LogP contribution in [-0.4, -0.2) is 64.0 Å². The third kappa shape index (κ3) is 4.50. The molecule has 9 nitrogen and oxygen atoms in total. The van der Waals surface area contributed by atoms with E-state index in [1.165, 1.54) is 37.7 Å². The van der Waals surface area contributed by atoms with E-state index in [9.17, 15) is 0 Å². The highest BCUT2D eigenvalue weighted by atomic mass is 16.5. The number of nitrogens with zero attached hydrogens (tertiary/aromatic N) is 5. The number of nitrogen functional groups attached to an aromatic ring is 1. The summed E-state index contributed by atoms with van der Waals surface area (Å²) in [5, 5.41) is 11.7. The van der Waals surface area contributed by atoms with Gasteiger partial charge in [0.2, 0.25) is 5.95 Å². The Labute approximate surface area is 212 Å². The fourth-order valence-corrected chi connectivity index (χ4v) is 6.43. The lowest BCUT2D eigenvalue weighted by Crippen LogP contribution is -2.49. The zero-order valence-corrected chi connectivity index (χ0v) is 21.5. The molecule has 4 N–H and O–H groups in total. The summed E-state index contributed by atoms with van der Waals surface area (Å²) >= 11 is 0. The van der Waals surface area contributed by atoms with Gasteiger partial charge in [-0.15, -0.1) is 0 Å². The SMILES string of the molecule is COc1cc(CN2CCNC[C@@H]2C)ccc1Cn1ncc2nc(N)nc(NCC3CC4(CCC4)C3)c21. The Kier molecular flexibility index (Phi) is 6.21. The van der Waals surface area contributed by atoms with Gasteiger partial charge in [-0.1, -0.05) is 18.6 Å². The third-order valence-electron chi connectivity index (χ3n) is 8.62. The molecule has 1 atom stereocenters. The molecule has 192 valence electrons. The average Bonchev–Trinajstić information content (AvgIpc) is 3.21. The summed E-state index contributed by atoms with van der Waals surface area (Å²) in [6.45, 7) is 7.82. The van der Waals surface area contributed by atoms with Gasteiger partial charge >= 0.3 is 0 Å². The maximum Gasteiger partial charge on any atom is 0.222 e. The van der Waals surface area contributed by atoms with E-state index in [2.05, 4.69) is 55.7 Å². The molecule has 2 aromatic heterocycles. The number of benzene rings is 1. The molecule has 3 aromatic rings. The van der Waals surface area contributed by atoms with Crippen LogP contribution in [0.4, 0.5) is 11.8 Å². The highest BCUT2D eigenvalue weighted by Gasteiger charge is 2.47. The second-order valence-corrected chi connectivity index (χ2v) is 11.1. The lowest BCUT2D eigenvalue weighted by atomic mass is 9.52. The molecule has 1 aliphatic heterocycles. The Hall–Kier alpha value is -2.91. The lowest BCUT2D eigenvalue weighted by molar-refractivity contribution is -0.0185. The molecule has 3 fully saturated rings. The van der Waals surface area contributed by atoms with Gasteiger partial charge in [-0.2, -0.15) is 10.1 Å². The molecular weight excluding hydrogens is 452 g/mol. The number of piperazine rings is 1. The Bertz CT molecular complexity index is 1230. The number of fused-ring (bicyclic) bond motifs is 1. The Balaban J connectivity index is 1.20. The van der Waals surface area contributed by atoms with Gasteiger partial charge in [0.05, 0.1) is 19.9 Å². The fourth-order valence-electron chi connectivity index (χ4n) is 6.43. The third-order valence-corrected chi connectivity index (χ3v) is 8.62. The molecule has 3 aliphatic rings. The zero-order valence-electron chi connectivity index (χ0n) is 21.5. The second kappa shape index (κ2) is 9.52. The molecule has 1 spiro atoms. The number of nitrogens with two attached hydrogens (primary N) is 1. The minimum Gasteiger partial charge on any atom is -0.496 e. The summed E-state index contributed by atoms with van der Waals surface area (Å²) in [6, 6.07) is 7.05. The van der Waals surface area contributed by atoms with Gasteiger partial charge in [-0.25, -0.2) is 4.98 Å². The van der Waals surface area contributed by atoms with Crippen molar-refractivity contribution in [2.45, 2.75) is 58.2 Å². The number of nitrogens with one attached hydrogen (secondary N) is 2. The van der Waals surface area contributed by atoms with Crippen LogP contribution in [0, 0.1) is 11.3 Å². The summed E-state index contributed by atoms with van der Waals surface area (Å²) in [5.41, 5.74) is 10.7. The molecular formula is C27H38N8O. The van der Waals surface area contributed by atoms with Gasteiger partial charge in [0.15, 0.2) is 5.82 Å². The molecule has 2 saturated carbocycles. The van der Waals surface area contributed by atoms with Crippen molar-refractivity contribution in [3.05, 3.63) is 35.5 Å². The first-order valence-electron chi connectivity index (χ1n) is 13.4. The van der Waals surface area contributed by atoms with Gasteiger partial charge in [0.1, 0.15) is 16.8 Å². The van der Waals surface area contributed by atoms with Gasteiger partial charge < -0.3 is 21.1 Å². The predicted molar refractivity (Wildman–Crippen MR) is 142 cm³/mol. The van der Waals surface area contributed by atoms with Crippen LogP contribution in [0.3, 0.4) is 0 Å².